The van der Waals surface area contributed by atoms with Crippen LogP contribution in [0.5, 0.6) is 0 Å². The highest BCUT2D eigenvalue weighted by Gasteiger charge is 2.29. The van der Waals surface area contributed by atoms with Crippen LogP contribution in [0.15, 0.2) is 30.3 Å². The monoisotopic (exact) mass is 528 g/mol. The zero-order valence-corrected chi connectivity index (χ0v) is 21.6. The molecular weight excluding hydrogens is 500 g/mol. The summed E-state index contributed by atoms with van der Waals surface area (Å²) in [5, 5.41) is 1.30. The van der Waals surface area contributed by atoms with Crippen molar-refractivity contribution in [1.82, 2.24) is 9.80 Å². The fourth-order valence-corrected chi connectivity index (χ4v) is 4.85. The molecule has 2 aromatic rings. The molecule has 6 nitrogen and oxygen atoms in total. The van der Waals surface area contributed by atoms with E-state index in [1.807, 2.05) is 12.1 Å². The molecule has 186 valence electrons. The summed E-state index contributed by atoms with van der Waals surface area (Å²) >= 11 is 10.5. The first-order chi connectivity index (χ1) is 16.0. The third-order valence-electron chi connectivity index (χ3n) is 6.23. The van der Waals surface area contributed by atoms with Gasteiger partial charge in [0.05, 0.1) is 5.56 Å². The number of carbonyl (C=O) groups excluding carboxylic acids is 1. The first kappa shape index (κ1) is 27.0. The molecule has 2 N–H and O–H groups in total. The van der Waals surface area contributed by atoms with E-state index in [1.54, 1.807) is 12.1 Å². The predicted molar refractivity (Wildman–Crippen MR) is 133 cm³/mol. The molecule has 2 aliphatic rings. The summed E-state index contributed by atoms with van der Waals surface area (Å²) in [7, 11) is 0. The second kappa shape index (κ2) is 11.9. The molecule has 10 heteroatoms. The van der Waals surface area contributed by atoms with Gasteiger partial charge in [0.1, 0.15) is 5.82 Å². The number of nitrogens with zero attached hydrogens (tertiary/aromatic N) is 2. The molecule has 1 amide bonds. The van der Waals surface area contributed by atoms with E-state index in [0.717, 1.165) is 62.0 Å². The minimum Gasteiger partial charge on any atom is -0.773 e. The summed E-state index contributed by atoms with van der Waals surface area (Å²) in [4.78, 5) is 16.3. The zero-order chi connectivity index (χ0) is 25.0. The molecule has 1 saturated heterocycles. The molecule has 0 aromatic heterocycles. The molecule has 4 rings (SSSR count). The van der Waals surface area contributed by atoms with Crippen LogP contribution >= 0.6 is 23.2 Å². The lowest BCUT2D eigenvalue weighted by Gasteiger charge is -2.38. The molecule has 1 saturated carbocycles. The van der Waals surface area contributed by atoms with Crippen LogP contribution in [0, 0.1) is 5.82 Å². The maximum Gasteiger partial charge on any atom is 0.251 e. The Hall–Kier alpha value is -1.55. The van der Waals surface area contributed by atoms with Gasteiger partial charge in [-0.25, -0.2) is 4.39 Å². The van der Waals surface area contributed by atoms with Gasteiger partial charge in [-0.05, 0) is 79.0 Å². The number of piperazine rings is 1. The number of carbonyl (C=O) groups is 1. The van der Waals surface area contributed by atoms with Crippen LogP contribution in [0.4, 0.5) is 4.39 Å². The van der Waals surface area contributed by atoms with E-state index in [1.165, 1.54) is 6.07 Å². The summed E-state index contributed by atoms with van der Waals surface area (Å²) in [5.74, 6) is -0.802. The lowest BCUT2D eigenvalue weighted by atomic mass is 9.98. The Bertz CT molecular complexity index is 1040. The number of primary amides is 1. The molecule has 1 aliphatic heterocycles. The zero-order valence-electron chi connectivity index (χ0n) is 19.2. The molecule has 2 fully saturated rings. The van der Waals surface area contributed by atoms with Gasteiger partial charge in [-0.15, -0.1) is 0 Å². The minimum absolute atomic E-state index is 0.000484. The van der Waals surface area contributed by atoms with Crippen molar-refractivity contribution < 1.29 is 17.9 Å². The third-order valence-corrected chi connectivity index (χ3v) is 6.66. The number of amides is 1. The first-order valence-electron chi connectivity index (χ1n) is 11.1. The number of benzene rings is 2. The van der Waals surface area contributed by atoms with Crippen LogP contribution in [-0.4, -0.2) is 56.9 Å². The van der Waals surface area contributed by atoms with E-state index in [4.69, 9.17) is 37.7 Å². The lowest BCUT2D eigenvalue weighted by Crippen LogP contribution is -2.46. The van der Waals surface area contributed by atoms with Gasteiger partial charge in [0.25, 0.3) is 5.91 Å². The lowest BCUT2D eigenvalue weighted by molar-refractivity contribution is 0.0975. The molecule has 0 spiro atoms. The molecule has 2 unspecified atom stereocenters. The Morgan fingerprint density at radius 2 is 1.71 bits per heavy atom. The summed E-state index contributed by atoms with van der Waals surface area (Å²) in [5.41, 5.74) is 8.50. The van der Waals surface area contributed by atoms with Crippen molar-refractivity contribution in [3.8, 4) is 0 Å². The van der Waals surface area contributed by atoms with E-state index < -0.39 is 22.8 Å². The van der Waals surface area contributed by atoms with Gasteiger partial charge in [0.15, 0.2) is 0 Å². The van der Waals surface area contributed by atoms with Gasteiger partial charge in [-0.3, -0.25) is 18.8 Å². The molecule has 2 atom stereocenters. The Morgan fingerprint density at radius 1 is 1.15 bits per heavy atom. The molecule has 2 aromatic carbocycles. The van der Waals surface area contributed by atoms with Crippen molar-refractivity contribution in [1.29, 1.82) is 0 Å². The number of rotatable bonds is 6. The first-order valence-corrected chi connectivity index (χ1v) is 13.3. The van der Waals surface area contributed by atoms with Gasteiger partial charge in [0, 0.05) is 48.8 Å². The van der Waals surface area contributed by atoms with E-state index in [-0.39, 0.29) is 11.6 Å². The van der Waals surface area contributed by atoms with Crippen LogP contribution in [0.3, 0.4) is 0 Å². The van der Waals surface area contributed by atoms with E-state index in [2.05, 4.69) is 16.7 Å². The van der Waals surface area contributed by atoms with Crippen molar-refractivity contribution in [2.75, 3.05) is 32.4 Å². The van der Waals surface area contributed by atoms with E-state index >= 15 is 0 Å². The maximum atomic E-state index is 14.4. The van der Waals surface area contributed by atoms with Gasteiger partial charge in [-0.2, -0.15) is 0 Å². The molecular formula is C24H29Cl2FN3O3S-. The number of hydrogen-bond acceptors (Lipinski definition) is 5. The Balaban J connectivity index is 0.000000751. The van der Waals surface area contributed by atoms with Crippen molar-refractivity contribution in [3.63, 3.8) is 0 Å². The maximum absolute atomic E-state index is 14.4. The fourth-order valence-electron chi connectivity index (χ4n) is 4.31. The largest absolute Gasteiger partial charge is 0.773 e. The molecule has 0 bridgehead atoms. The van der Waals surface area contributed by atoms with Gasteiger partial charge in [-0.1, -0.05) is 34.3 Å². The highest BCUT2D eigenvalue weighted by Crippen LogP contribution is 2.42. The van der Waals surface area contributed by atoms with Gasteiger partial charge < -0.3 is 10.3 Å². The molecule has 34 heavy (non-hydrogen) atoms. The Labute approximate surface area is 212 Å². The quantitative estimate of drug-likeness (QED) is 0.558. The SMILES string of the molecule is CC(c1cc(Cl)cc(Cl)c1)N1CCN(Cc2cc(F)c(C(N)=O)cc2C2CC2)CC1.CS(=O)[O-]. The summed E-state index contributed by atoms with van der Waals surface area (Å²) in [6.45, 7) is 6.45. The number of hydrogen-bond donors (Lipinski definition) is 1. The average Bonchev–Trinajstić information content (AvgIpc) is 3.58. The fraction of sp³-hybridized carbons (Fsp3) is 0.458. The molecule has 1 heterocycles. The predicted octanol–water partition coefficient (Wildman–Crippen LogP) is 4.48. The van der Waals surface area contributed by atoms with Crippen molar-refractivity contribution in [3.05, 3.63) is 68.4 Å². The van der Waals surface area contributed by atoms with Crippen LogP contribution in [0.2, 0.25) is 10.0 Å². The smallest absolute Gasteiger partial charge is 0.251 e. The van der Waals surface area contributed by atoms with Crippen LogP contribution < -0.4 is 5.73 Å². The molecule has 0 radical (unpaired) electrons. The van der Waals surface area contributed by atoms with Gasteiger partial charge >= 0.3 is 0 Å². The topological polar surface area (TPSA) is 89.7 Å². The van der Waals surface area contributed by atoms with Gasteiger partial charge in [0.2, 0.25) is 0 Å². The Morgan fingerprint density at radius 3 is 2.21 bits per heavy atom. The standard InChI is InChI=1S/C23H26Cl2FN3O.CH4O2S/c1-14(16-8-18(24)11-19(25)9-16)29-6-4-28(5-7-29)13-17-10-22(26)21(23(27)30)12-20(17)15-2-3-15;1-4(2)3/h8-12,14-15H,2-7,13H2,1H3,(H2,27,30);1H3,(H,2,3)/p-1. The van der Waals surface area contributed by atoms with Crippen LogP contribution in [-0.2, 0) is 17.6 Å². The number of halogens is 3. The van der Waals surface area contributed by atoms with E-state index in [0.29, 0.717) is 22.5 Å². The second-order valence-corrected chi connectivity index (χ2v) is 10.4. The third kappa shape index (κ3) is 7.47. The minimum atomic E-state index is -1.86. The summed E-state index contributed by atoms with van der Waals surface area (Å²) in [6.07, 6.45) is 3.26. The highest BCUT2D eigenvalue weighted by molar-refractivity contribution is 7.78. The van der Waals surface area contributed by atoms with Crippen LogP contribution in [0.25, 0.3) is 0 Å². The number of nitrogens with two attached hydrogens (primary N) is 1. The van der Waals surface area contributed by atoms with Crippen molar-refractivity contribution >= 4 is 40.2 Å². The van der Waals surface area contributed by atoms with E-state index in [9.17, 15) is 9.18 Å². The highest BCUT2D eigenvalue weighted by atomic mass is 35.5. The van der Waals surface area contributed by atoms with Crippen molar-refractivity contribution in [2.45, 2.75) is 38.3 Å². The Kier molecular flexibility index (Phi) is 9.49. The summed E-state index contributed by atoms with van der Waals surface area (Å²) in [6, 6.07) is 9.09. The summed E-state index contributed by atoms with van der Waals surface area (Å²) < 4.78 is 32.4. The van der Waals surface area contributed by atoms with Crippen molar-refractivity contribution in [2.24, 2.45) is 5.73 Å². The van der Waals surface area contributed by atoms with Crippen LogP contribution in [0.1, 0.15) is 58.8 Å². The average molecular weight is 529 g/mol. The second-order valence-electron chi connectivity index (χ2n) is 8.76. The normalized spacial score (nSPS) is 18.6. The molecule has 1 aliphatic carbocycles.